The molecule has 0 aromatic carbocycles. The van der Waals surface area contributed by atoms with Gasteiger partial charge in [0.1, 0.15) is 54.2 Å². The molecule has 67 heavy (non-hydrogen) atoms. The first-order valence-electron chi connectivity index (χ1n) is 24.9. The minimum Gasteiger partial charge on any atom is -0.468 e. The summed E-state index contributed by atoms with van der Waals surface area (Å²) in [6, 6.07) is 0. The van der Waals surface area contributed by atoms with Gasteiger partial charge in [0.25, 0.3) is 0 Å². The number of methoxy groups -OCH3 is 10. The van der Waals surface area contributed by atoms with Crippen molar-refractivity contribution in [2.24, 2.45) is 50.2 Å². The minimum atomic E-state index is -0.938. The van der Waals surface area contributed by atoms with Gasteiger partial charge >= 0.3 is 5.97 Å². The summed E-state index contributed by atoms with van der Waals surface area (Å²) in [4.78, 5) is 14.1. The molecule has 0 aromatic heterocycles. The fourth-order valence-corrected chi connectivity index (χ4v) is 16.1. The van der Waals surface area contributed by atoms with E-state index < -0.39 is 72.2 Å². The molecule has 0 bridgehead atoms. The number of hydrogen-bond donors (Lipinski definition) is 0. The van der Waals surface area contributed by atoms with E-state index in [0.717, 1.165) is 57.8 Å². The number of ether oxygens (including phenoxy) is 14. The molecule has 0 N–H and O–H groups in total. The Kier molecular flexibility index (Phi) is 16.5. The summed E-state index contributed by atoms with van der Waals surface area (Å²) in [5.41, 5.74) is 0.181. The third-order valence-corrected chi connectivity index (χ3v) is 19.5. The topological polar surface area (TPSA) is 146 Å². The first kappa shape index (κ1) is 53.5. The lowest BCUT2D eigenvalue weighted by Crippen LogP contribution is -2.69. The van der Waals surface area contributed by atoms with E-state index in [-0.39, 0.29) is 64.9 Å². The molecule has 2 heterocycles. The van der Waals surface area contributed by atoms with Crippen LogP contribution in [-0.4, -0.2) is 171 Å². The first-order chi connectivity index (χ1) is 31.9. The van der Waals surface area contributed by atoms with E-state index in [1.807, 2.05) is 0 Å². The van der Waals surface area contributed by atoms with Crippen LogP contribution < -0.4 is 0 Å². The molecule has 7 aliphatic rings. The van der Waals surface area contributed by atoms with Crippen LogP contribution in [0.1, 0.15) is 99.3 Å². The molecule has 15 heteroatoms. The van der Waals surface area contributed by atoms with Crippen molar-refractivity contribution < 1.29 is 71.1 Å². The van der Waals surface area contributed by atoms with Crippen LogP contribution >= 0.6 is 0 Å². The third-order valence-electron chi connectivity index (χ3n) is 19.5. The number of allylic oxidation sites excluding steroid dienone is 2. The molecular weight excluding hydrogens is 865 g/mol. The summed E-state index contributed by atoms with van der Waals surface area (Å²) >= 11 is 0. The van der Waals surface area contributed by atoms with Gasteiger partial charge in [0, 0.05) is 69.4 Å². The van der Waals surface area contributed by atoms with Crippen molar-refractivity contribution in [2.45, 2.75) is 173 Å². The summed E-state index contributed by atoms with van der Waals surface area (Å²) in [5, 5.41) is 0. The van der Waals surface area contributed by atoms with Gasteiger partial charge in [-0.05, 0) is 97.2 Å². The molecule has 7 rings (SSSR count). The summed E-state index contributed by atoms with van der Waals surface area (Å²) in [5.74, 6) is 0.573. The second kappa shape index (κ2) is 20.7. The van der Waals surface area contributed by atoms with E-state index >= 15 is 0 Å². The molecule has 0 spiro atoms. The third kappa shape index (κ3) is 8.62. The second-order valence-electron chi connectivity index (χ2n) is 22.9. The maximum Gasteiger partial charge on any atom is 0.315 e. The molecule has 4 saturated carbocycles. The Morgan fingerprint density at radius 2 is 1.18 bits per heavy atom. The highest BCUT2D eigenvalue weighted by molar-refractivity contribution is 5.79. The van der Waals surface area contributed by atoms with Gasteiger partial charge in [0.2, 0.25) is 0 Å². The molecule has 386 valence electrons. The number of hydrogen-bond acceptors (Lipinski definition) is 15. The maximum atomic E-state index is 14.1. The Morgan fingerprint density at radius 1 is 0.597 bits per heavy atom. The molecule has 0 aromatic rings. The molecule has 2 saturated heterocycles. The van der Waals surface area contributed by atoms with Gasteiger partial charge in [-0.25, -0.2) is 0 Å². The van der Waals surface area contributed by atoms with Crippen LogP contribution in [0.3, 0.4) is 0 Å². The number of fused-ring (bicyclic) bond motifs is 7. The molecular formula is C52H88O15. The van der Waals surface area contributed by atoms with Crippen molar-refractivity contribution in [3.63, 3.8) is 0 Å². The van der Waals surface area contributed by atoms with Gasteiger partial charge < -0.3 is 66.3 Å². The van der Waals surface area contributed by atoms with Crippen molar-refractivity contribution >= 4 is 5.97 Å². The van der Waals surface area contributed by atoms with Crippen LogP contribution in [0.25, 0.3) is 0 Å². The van der Waals surface area contributed by atoms with Gasteiger partial charge in [-0.2, -0.15) is 0 Å². The van der Waals surface area contributed by atoms with Gasteiger partial charge in [0.15, 0.2) is 12.6 Å². The number of rotatable bonds is 17. The van der Waals surface area contributed by atoms with Crippen molar-refractivity contribution in [1.82, 2.24) is 0 Å². The van der Waals surface area contributed by atoms with Crippen LogP contribution in [0, 0.1) is 50.2 Å². The Labute approximate surface area is 401 Å². The fraction of sp³-hybridized carbons (Fsp3) is 0.942. The van der Waals surface area contributed by atoms with Crippen molar-refractivity contribution in [3.8, 4) is 0 Å². The Morgan fingerprint density at radius 3 is 1.72 bits per heavy atom. The van der Waals surface area contributed by atoms with Crippen LogP contribution in [0.15, 0.2) is 11.6 Å². The fourth-order valence-electron chi connectivity index (χ4n) is 16.1. The summed E-state index contributed by atoms with van der Waals surface area (Å²) in [6.45, 7) is 15.7. The zero-order valence-corrected chi connectivity index (χ0v) is 43.8. The van der Waals surface area contributed by atoms with E-state index in [2.05, 4.69) is 47.6 Å². The minimum absolute atomic E-state index is 0.0508. The second-order valence-corrected chi connectivity index (χ2v) is 22.9. The Bertz CT molecular complexity index is 1710. The zero-order valence-electron chi connectivity index (χ0n) is 43.8. The normalized spacial score (nSPS) is 48.3. The Balaban J connectivity index is 1.23. The standard InChI is InChI=1S/C52H88O15/c1-47(2)23-24-52(46(53)63-16)31(25-47)30-17-18-35-48(3)21-20-36(49(4,29-56-9)34(48)19-22-50(35,5)51(30,6)26-37(52)57-10)66-45-43(41(61-14)39(59-12)33(65-45)28-55-8)67-44-42(62-15)40(60-13)38(58-11)32(64-44)27-54-7/h17,31-45H,18-29H2,1-16H3/t31-,32+,33+,34+,35+,36-,37+,38-,39+,40-,41-,42+,43+,44-,45-,48-,49-,50+,51+,52+/m0/s1. The van der Waals surface area contributed by atoms with Crippen LogP contribution in [0.5, 0.6) is 0 Å². The monoisotopic (exact) mass is 953 g/mol. The van der Waals surface area contributed by atoms with E-state index in [9.17, 15) is 4.79 Å². The first-order valence-corrected chi connectivity index (χ1v) is 24.9. The largest absolute Gasteiger partial charge is 0.468 e. The van der Waals surface area contributed by atoms with Crippen LogP contribution in [0.2, 0.25) is 0 Å². The van der Waals surface area contributed by atoms with E-state index in [1.54, 1.807) is 71.1 Å². The van der Waals surface area contributed by atoms with Crippen molar-refractivity contribution in [1.29, 1.82) is 0 Å². The molecule has 0 unspecified atom stereocenters. The van der Waals surface area contributed by atoms with Crippen LogP contribution in [-0.2, 0) is 71.1 Å². The summed E-state index contributed by atoms with van der Waals surface area (Å²) in [6.07, 6.45) is 3.63. The average molecular weight is 953 g/mol. The van der Waals surface area contributed by atoms with Gasteiger partial charge in [-0.15, -0.1) is 0 Å². The van der Waals surface area contributed by atoms with Crippen molar-refractivity contribution in [2.75, 3.05) is 90.9 Å². The molecule has 20 atom stereocenters. The molecule has 0 radical (unpaired) electrons. The van der Waals surface area contributed by atoms with E-state index in [4.69, 9.17) is 66.3 Å². The smallest absolute Gasteiger partial charge is 0.315 e. The lowest BCUT2D eigenvalue weighted by molar-refractivity contribution is -0.385. The highest BCUT2D eigenvalue weighted by Crippen LogP contribution is 2.76. The maximum absolute atomic E-state index is 14.1. The lowest BCUT2D eigenvalue weighted by atomic mass is 9.33. The van der Waals surface area contributed by atoms with Crippen molar-refractivity contribution in [3.05, 3.63) is 11.6 Å². The SMILES string of the molecule is COC[C@H]1O[C@@H](O[C@H]2[C@H](O[C@H]3CC[C@@]4(C)[C@@H](CC[C@]5(C)[C@@H]4CC=C4[C@@H]6CC(C)(C)CC[C@]6(C(=O)OC)[C@H](OC)C[C@]45C)[C@]3(C)COC)O[C@H](COC)[C@@H](OC)[C@@H]2OC)[C@H](OC)[C@@H](OC)[C@H]1OC. The predicted molar refractivity (Wildman–Crippen MR) is 248 cm³/mol. The molecule has 5 aliphatic carbocycles. The average Bonchev–Trinajstić information content (AvgIpc) is 3.29. The molecule has 2 aliphatic heterocycles. The van der Waals surface area contributed by atoms with Gasteiger partial charge in [0.05, 0.1) is 39.1 Å². The summed E-state index contributed by atoms with van der Waals surface area (Å²) in [7, 11) is 16.6. The van der Waals surface area contributed by atoms with E-state index in [1.165, 1.54) is 5.57 Å². The highest BCUT2D eigenvalue weighted by Gasteiger charge is 2.72. The number of carbonyl (C=O) groups is 1. The summed E-state index contributed by atoms with van der Waals surface area (Å²) < 4.78 is 88.0. The molecule has 6 fully saturated rings. The molecule has 0 amide bonds. The molecule has 15 nitrogen and oxygen atoms in total. The quantitative estimate of drug-likeness (QED) is 0.0855. The zero-order chi connectivity index (χ0) is 48.9. The Hall–Kier alpha value is -1.31. The lowest BCUT2D eigenvalue weighted by Gasteiger charge is -2.72. The van der Waals surface area contributed by atoms with E-state index in [0.29, 0.717) is 12.5 Å². The van der Waals surface area contributed by atoms with Crippen LogP contribution in [0.4, 0.5) is 0 Å². The highest BCUT2D eigenvalue weighted by atomic mass is 16.8. The predicted octanol–water partition coefficient (Wildman–Crippen LogP) is 6.80. The number of carbonyl (C=O) groups excluding carboxylic acids is 1. The van der Waals surface area contributed by atoms with Gasteiger partial charge in [-0.3, -0.25) is 4.79 Å². The van der Waals surface area contributed by atoms with Gasteiger partial charge in [-0.1, -0.05) is 53.2 Å². The number of esters is 1.